The molecule has 0 saturated carbocycles. The first-order valence-corrected chi connectivity index (χ1v) is 6.61. The number of rotatable bonds is 2. The van der Waals surface area contributed by atoms with Gasteiger partial charge in [0.1, 0.15) is 10.7 Å². The van der Waals surface area contributed by atoms with Crippen LogP contribution in [0, 0.1) is 3.57 Å². The van der Waals surface area contributed by atoms with Crippen molar-refractivity contribution in [3.8, 4) is 0 Å². The topological polar surface area (TPSA) is 40.6 Å². The van der Waals surface area contributed by atoms with Crippen LogP contribution in [0.3, 0.4) is 0 Å². The Morgan fingerprint density at radius 3 is 2.28 bits per heavy atom. The summed E-state index contributed by atoms with van der Waals surface area (Å²) in [5.74, 6) is -0.867. The standard InChI is InChI=1S/C12H10ClIN2O2/c1-15(2)10-9(13)11(17)16(12(10)18)8-6-4-3-5-7(8)14/h3-6H,1-2H3. The molecule has 18 heavy (non-hydrogen) atoms. The minimum atomic E-state index is -0.477. The quantitative estimate of drug-likeness (QED) is 0.587. The highest BCUT2D eigenvalue weighted by molar-refractivity contribution is 14.1. The van der Waals surface area contributed by atoms with E-state index in [9.17, 15) is 9.59 Å². The second-order valence-electron chi connectivity index (χ2n) is 3.95. The minimum absolute atomic E-state index is 0.0374. The van der Waals surface area contributed by atoms with E-state index in [-0.39, 0.29) is 16.6 Å². The number of halogens is 2. The Kier molecular flexibility index (Phi) is 3.63. The van der Waals surface area contributed by atoms with Gasteiger partial charge in [-0.25, -0.2) is 4.90 Å². The van der Waals surface area contributed by atoms with E-state index in [4.69, 9.17) is 11.6 Å². The highest BCUT2D eigenvalue weighted by Crippen LogP contribution is 2.32. The number of hydrogen-bond donors (Lipinski definition) is 0. The molecule has 2 rings (SSSR count). The maximum absolute atomic E-state index is 12.2. The highest BCUT2D eigenvalue weighted by Gasteiger charge is 2.40. The average molecular weight is 377 g/mol. The summed E-state index contributed by atoms with van der Waals surface area (Å²) in [5, 5.41) is -0.0374. The normalized spacial score (nSPS) is 15.7. The van der Waals surface area contributed by atoms with E-state index in [0.29, 0.717) is 5.69 Å². The van der Waals surface area contributed by atoms with Crippen LogP contribution in [0.5, 0.6) is 0 Å². The van der Waals surface area contributed by atoms with Gasteiger partial charge in [-0.15, -0.1) is 0 Å². The Hall–Kier alpha value is -1.08. The van der Waals surface area contributed by atoms with E-state index < -0.39 is 5.91 Å². The molecule has 0 fully saturated rings. The van der Waals surface area contributed by atoms with Crippen molar-refractivity contribution in [3.63, 3.8) is 0 Å². The Bertz CT molecular complexity index is 569. The zero-order chi connectivity index (χ0) is 13.4. The summed E-state index contributed by atoms with van der Waals surface area (Å²) in [6.45, 7) is 0. The first-order valence-electron chi connectivity index (χ1n) is 5.15. The van der Waals surface area contributed by atoms with Crippen LogP contribution in [0.15, 0.2) is 35.0 Å². The van der Waals surface area contributed by atoms with Crippen molar-refractivity contribution in [1.29, 1.82) is 0 Å². The lowest BCUT2D eigenvalue weighted by Crippen LogP contribution is -2.33. The number of amides is 2. The molecule has 2 amide bonds. The monoisotopic (exact) mass is 376 g/mol. The summed E-state index contributed by atoms with van der Waals surface area (Å²) >= 11 is 8.02. The van der Waals surface area contributed by atoms with Crippen molar-refractivity contribution < 1.29 is 9.59 Å². The molecular formula is C12H10ClIN2O2. The second-order valence-corrected chi connectivity index (χ2v) is 5.49. The number of para-hydroxylation sites is 1. The molecule has 0 atom stereocenters. The van der Waals surface area contributed by atoms with Crippen molar-refractivity contribution in [1.82, 2.24) is 4.90 Å². The van der Waals surface area contributed by atoms with Crippen molar-refractivity contribution in [3.05, 3.63) is 38.6 Å². The molecule has 1 aliphatic heterocycles. The maximum Gasteiger partial charge on any atom is 0.283 e. The largest absolute Gasteiger partial charge is 0.372 e. The molecule has 0 bridgehead atoms. The Balaban J connectivity index is 2.50. The van der Waals surface area contributed by atoms with Crippen molar-refractivity contribution in [2.75, 3.05) is 19.0 Å². The fourth-order valence-electron chi connectivity index (χ4n) is 1.73. The third kappa shape index (κ3) is 2.01. The molecule has 0 aromatic heterocycles. The fourth-order valence-corrected chi connectivity index (χ4v) is 2.69. The SMILES string of the molecule is CN(C)C1=C(Cl)C(=O)N(c2ccccc2I)C1=O. The van der Waals surface area contributed by atoms with E-state index >= 15 is 0 Å². The van der Waals surface area contributed by atoms with Gasteiger partial charge in [-0.05, 0) is 34.7 Å². The van der Waals surface area contributed by atoms with Crippen molar-refractivity contribution in [2.45, 2.75) is 0 Å². The minimum Gasteiger partial charge on any atom is -0.372 e. The number of carbonyl (C=O) groups is 2. The van der Waals surface area contributed by atoms with Crippen molar-refractivity contribution in [2.24, 2.45) is 0 Å². The average Bonchev–Trinajstić information content (AvgIpc) is 2.52. The molecule has 0 aliphatic carbocycles. The Labute approximate surface area is 123 Å². The molecule has 0 spiro atoms. The van der Waals surface area contributed by atoms with Crippen LogP contribution in [0.2, 0.25) is 0 Å². The molecule has 94 valence electrons. The number of benzene rings is 1. The summed E-state index contributed by atoms with van der Waals surface area (Å²) < 4.78 is 0.821. The third-order valence-corrected chi connectivity index (χ3v) is 3.80. The van der Waals surface area contributed by atoms with Crippen LogP contribution in [0.25, 0.3) is 0 Å². The summed E-state index contributed by atoms with van der Waals surface area (Å²) in [6, 6.07) is 7.18. The molecule has 0 unspecified atom stereocenters. The maximum atomic E-state index is 12.2. The smallest absolute Gasteiger partial charge is 0.283 e. The number of anilines is 1. The molecule has 0 radical (unpaired) electrons. The van der Waals surface area contributed by atoms with Gasteiger partial charge < -0.3 is 4.90 Å². The predicted molar refractivity (Wildman–Crippen MR) is 78.2 cm³/mol. The molecule has 1 heterocycles. The zero-order valence-corrected chi connectivity index (χ0v) is 12.7. The van der Waals surface area contributed by atoms with Gasteiger partial charge in [-0.3, -0.25) is 9.59 Å². The second kappa shape index (κ2) is 4.89. The van der Waals surface area contributed by atoms with E-state index in [1.807, 2.05) is 12.1 Å². The van der Waals surface area contributed by atoms with E-state index in [2.05, 4.69) is 22.6 Å². The van der Waals surface area contributed by atoms with E-state index in [0.717, 1.165) is 8.47 Å². The fraction of sp³-hybridized carbons (Fsp3) is 0.167. The first kappa shape index (κ1) is 13.4. The first-order chi connectivity index (χ1) is 8.45. The Morgan fingerprint density at radius 2 is 1.78 bits per heavy atom. The molecule has 1 aliphatic rings. The number of imide groups is 1. The van der Waals surface area contributed by atoms with E-state index in [1.165, 1.54) is 0 Å². The summed E-state index contributed by atoms with van der Waals surface area (Å²) in [7, 11) is 3.37. The molecule has 1 aromatic carbocycles. The number of hydrogen-bond acceptors (Lipinski definition) is 3. The van der Waals surface area contributed by atoms with Crippen LogP contribution in [-0.4, -0.2) is 30.8 Å². The van der Waals surface area contributed by atoms with Gasteiger partial charge in [0.2, 0.25) is 0 Å². The van der Waals surface area contributed by atoms with Gasteiger partial charge >= 0.3 is 0 Å². The van der Waals surface area contributed by atoms with Gasteiger partial charge in [-0.1, -0.05) is 23.7 Å². The number of nitrogens with zero attached hydrogens (tertiary/aromatic N) is 2. The molecule has 6 heteroatoms. The lowest BCUT2D eigenvalue weighted by Gasteiger charge is -2.18. The van der Waals surface area contributed by atoms with Gasteiger partial charge in [-0.2, -0.15) is 0 Å². The molecule has 0 N–H and O–H groups in total. The van der Waals surface area contributed by atoms with Gasteiger partial charge in [0.05, 0.1) is 5.69 Å². The van der Waals surface area contributed by atoms with Gasteiger partial charge in [0.15, 0.2) is 0 Å². The summed E-state index contributed by atoms with van der Waals surface area (Å²) in [5.41, 5.74) is 0.782. The van der Waals surface area contributed by atoms with Gasteiger partial charge in [0, 0.05) is 17.7 Å². The van der Waals surface area contributed by atoms with Crippen molar-refractivity contribution >= 4 is 51.7 Å². The predicted octanol–water partition coefficient (Wildman–Crippen LogP) is 2.18. The number of carbonyl (C=O) groups excluding carboxylic acids is 2. The van der Waals surface area contributed by atoms with Crippen LogP contribution < -0.4 is 4.90 Å². The third-order valence-electron chi connectivity index (χ3n) is 2.54. The van der Waals surface area contributed by atoms with Crippen LogP contribution in [-0.2, 0) is 9.59 Å². The molecule has 4 nitrogen and oxygen atoms in total. The zero-order valence-electron chi connectivity index (χ0n) is 9.78. The van der Waals surface area contributed by atoms with Crippen LogP contribution in [0.4, 0.5) is 5.69 Å². The molecule has 0 saturated heterocycles. The highest BCUT2D eigenvalue weighted by atomic mass is 127. The van der Waals surface area contributed by atoms with Crippen LogP contribution >= 0.6 is 34.2 Å². The Morgan fingerprint density at radius 1 is 1.17 bits per heavy atom. The van der Waals surface area contributed by atoms with E-state index in [1.54, 1.807) is 31.1 Å². The lowest BCUT2D eigenvalue weighted by atomic mass is 10.3. The lowest BCUT2D eigenvalue weighted by molar-refractivity contribution is -0.120. The molecule has 1 aromatic rings. The summed E-state index contributed by atoms with van der Waals surface area (Å²) in [4.78, 5) is 27.0. The number of likely N-dealkylation sites (N-methyl/N-ethyl adjacent to an activating group) is 1. The molecular weight excluding hydrogens is 367 g/mol. The van der Waals surface area contributed by atoms with Gasteiger partial charge in [0.25, 0.3) is 11.8 Å². The van der Waals surface area contributed by atoms with Crippen LogP contribution in [0.1, 0.15) is 0 Å². The summed E-state index contributed by atoms with van der Waals surface area (Å²) in [6.07, 6.45) is 0.